The minimum atomic E-state index is -3.14. The van der Waals surface area contributed by atoms with Gasteiger partial charge >= 0.3 is 5.97 Å². The number of likely N-dealkylation sites (N-methyl/N-ethyl adjacent to an activating group) is 1. The second-order valence-electron chi connectivity index (χ2n) is 6.02. The third-order valence-electron chi connectivity index (χ3n) is 4.36. The number of nitro benzene ring substituents is 1. The third kappa shape index (κ3) is 4.37. The largest absolute Gasteiger partial charge is 0.452 e. The van der Waals surface area contributed by atoms with Gasteiger partial charge in [0.15, 0.2) is 16.4 Å². The first-order valence-electron chi connectivity index (χ1n) is 8.07. The van der Waals surface area contributed by atoms with E-state index in [-0.39, 0.29) is 28.3 Å². The molecule has 1 saturated heterocycles. The number of benzene rings is 1. The maximum absolute atomic E-state index is 12.3. The summed E-state index contributed by atoms with van der Waals surface area (Å²) in [6.45, 7) is 2.89. The lowest BCUT2D eigenvalue weighted by Crippen LogP contribution is -2.43. The number of rotatable bonds is 6. The van der Waals surface area contributed by atoms with E-state index in [1.807, 2.05) is 0 Å². The molecule has 0 radical (unpaired) electrons. The van der Waals surface area contributed by atoms with Crippen LogP contribution in [-0.2, 0) is 19.4 Å². The Hall–Kier alpha value is -2.49. The average Bonchev–Trinajstić information content (AvgIpc) is 2.93. The van der Waals surface area contributed by atoms with Crippen LogP contribution in [0.4, 0.5) is 5.69 Å². The van der Waals surface area contributed by atoms with Crippen LogP contribution in [0.3, 0.4) is 0 Å². The van der Waals surface area contributed by atoms with Crippen molar-refractivity contribution in [2.45, 2.75) is 26.3 Å². The molecule has 9 nitrogen and oxygen atoms in total. The lowest BCUT2D eigenvalue weighted by Gasteiger charge is -2.26. The number of carbonyl (C=O) groups is 2. The van der Waals surface area contributed by atoms with Crippen molar-refractivity contribution < 1.29 is 27.7 Å². The average molecular weight is 384 g/mol. The van der Waals surface area contributed by atoms with E-state index in [1.54, 1.807) is 6.92 Å². The molecule has 0 bridgehead atoms. The monoisotopic (exact) mass is 384 g/mol. The number of ether oxygens (including phenoxy) is 1. The molecule has 1 heterocycles. The number of amides is 1. The smallest absolute Gasteiger partial charge is 0.339 e. The van der Waals surface area contributed by atoms with E-state index in [9.17, 15) is 28.1 Å². The number of carbonyl (C=O) groups excluding carboxylic acids is 2. The van der Waals surface area contributed by atoms with Gasteiger partial charge in [0, 0.05) is 24.2 Å². The zero-order valence-electron chi connectivity index (χ0n) is 14.5. The van der Waals surface area contributed by atoms with Crippen molar-refractivity contribution in [2.75, 3.05) is 24.7 Å². The normalized spacial score (nSPS) is 18.3. The van der Waals surface area contributed by atoms with E-state index >= 15 is 0 Å². The Morgan fingerprint density at radius 2 is 2.08 bits per heavy atom. The molecule has 1 amide bonds. The molecule has 1 aromatic carbocycles. The number of nitrogens with zero attached hydrogens (tertiary/aromatic N) is 2. The summed E-state index contributed by atoms with van der Waals surface area (Å²) in [5.41, 5.74) is -0.0419. The molecule has 142 valence electrons. The number of hydrogen-bond donors (Lipinski definition) is 0. The topological polar surface area (TPSA) is 124 Å². The van der Waals surface area contributed by atoms with Gasteiger partial charge in [-0.1, -0.05) is 6.07 Å². The van der Waals surface area contributed by atoms with Crippen LogP contribution >= 0.6 is 0 Å². The molecule has 26 heavy (non-hydrogen) atoms. The Balaban J connectivity index is 2.03. The van der Waals surface area contributed by atoms with Gasteiger partial charge in [-0.3, -0.25) is 14.9 Å². The number of nitro groups is 1. The summed E-state index contributed by atoms with van der Waals surface area (Å²) in [6.07, 6.45) is 0.361. The van der Waals surface area contributed by atoms with Gasteiger partial charge in [-0.15, -0.1) is 0 Å². The fraction of sp³-hybridized carbons (Fsp3) is 0.500. The van der Waals surface area contributed by atoms with E-state index in [0.717, 1.165) is 0 Å². The Morgan fingerprint density at radius 3 is 2.62 bits per heavy atom. The summed E-state index contributed by atoms with van der Waals surface area (Å²) < 4.78 is 28.2. The zero-order chi connectivity index (χ0) is 19.5. The fourth-order valence-corrected chi connectivity index (χ4v) is 4.72. The Morgan fingerprint density at radius 1 is 1.38 bits per heavy atom. The van der Waals surface area contributed by atoms with Crippen LogP contribution < -0.4 is 0 Å². The fourth-order valence-electron chi connectivity index (χ4n) is 2.99. The number of esters is 1. The summed E-state index contributed by atoms with van der Waals surface area (Å²) >= 11 is 0. The highest BCUT2D eigenvalue weighted by atomic mass is 32.2. The van der Waals surface area contributed by atoms with Gasteiger partial charge in [0.2, 0.25) is 0 Å². The quantitative estimate of drug-likeness (QED) is 0.408. The van der Waals surface area contributed by atoms with E-state index in [0.29, 0.717) is 13.0 Å². The predicted octanol–water partition coefficient (Wildman–Crippen LogP) is 1.10. The highest BCUT2D eigenvalue weighted by molar-refractivity contribution is 7.91. The highest BCUT2D eigenvalue weighted by Gasteiger charge is 2.34. The maximum Gasteiger partial charge on any atom is 0.339 e. The molecule has 0 unspecified atom stereocenters. The molecule has 0 aliphatic carbocycles. The van der Waals surface area contributed by atoms with Crippen LogP contribution in [0.15, 0.2) is 18.2 Å². The van der Waals surface area contributed by atoms with E-state index in [4.69, 9.17) is 4.74 Å². The number of sulfone groups is 1. The summed E-state index contributed by atoms with van der Waals surface area (Å²) in [5.74, 6) is -1.39. The van der Waals surface area contributed by atoms with Gasteiger partial charge < -0.3 is 9.64 Å². The molecule has 1 atom stereocenters. The molecule has 2 rings (SSSR count). The summed E-state index contributed by atoms with van der Waals surface area (Å²) in [7, 11) is -3.14. The van der Waals surface area contributed by atoms with Crippen LogP contribution in [0, 0.1) is 17.0 Å². The van der Waals surface area contributed by atoms with E-state index in [2.05, 4.69) is 0 Å². The van der Waals surface area contributed by atoms with Crippen molar-refractivity contribution in [3.05, 3.63) is 39.4 Å². The summed E-state index contributed by atoms with van der Waals surface area (Å²) in [4.78, 5) is 36.2. The first kappa shape index (κ1) is 19.8. The molecule has 0 aromatic heterocycles. The van der Waals surface area contributed by atoms with Gasteiger partial charge in [0.25, 0.3) is 11.6 Å². The van der Waals surface area contributed by atoms with Crippen molar-refractivity contribution in [3.63, 3.8) is 0 Å². The third-order valence-corrected chi connectivity index (χ3v) is 6.11. The molecule has 1 aliphatic heterocycles. The van der Waals surface area contributed by atoms with Gasteiger partial charge in [-0.05, 0) is 26.3 Å². The Bertz CT molecular complexity index is 835. The molecule has 1 aromatic rings. The molecule has 1 aliphatic rings. The molecule has 0 spiro atoms. The van der Waals surface area contributed by atoms with Gasteiger partial charge in [0.1, 0.15) is 0 Å². The van der Waals surface area contributed by atoms with Crippen LogP contribution in [-0.4, -0.2) is 60.8 Å². The summed E-state index contributed by atoms with van der Waals surface area (Å²) in [5, 5.41) is 10.9. The van der Waals surface area contributed by atoms with Gasteiger partial charge in [-0.25, -0.2) is 13.2 Å². The van der Waals surface area contributed by atoms with Crippen molar-refractivity contribution in [1.82, 2.24) is 4.90 Å². The second kappa shape index (κ2) is 7.81. The highest BCUT2D eigenvalue weighted by Crippen LogP contribution is 2.22. The first-order valence-corrected chi connectivity index (χ1v) is 9.89. The Kier molecular flexibility index (Phi) is 5.96. The lowest BCUT2D eigenvalue weighted by atomic mass is 10.1. The predicted molar refractivity (Wildman–Crippen MR) is 92.6 cm³/mol. The van der Waals surface area contributed by atoms with Crippen LogP contribution in [0.5, 0.6) is 0 Å². The maximum atomic E-state index is 12.3. The minimum absolute atomic E-state index is 0.0125. The van der Waals surface area contributed by atoms with E-state index < -0.39 is 39.3 Å². The van der Waals surface area contributed by atoms with Crippen LogP contribution in [0.2, 0.25) is 0 Å². The molecular weight excluding hydrogens is 364 g/mol. The molecule has 10 heteroatoms. The molecule has 1 fully saturated rings. The van der Waals surface area contributed by atoms with Crippen molar-refractivity contribution in [3.8, 4) is 0 Å². The summed E-state index contributed by atoms with van der Waals surface area (Å²) in [6, 6.07) is 3.61. The SMILES string of the molecule is CCN(C(=O)COC(=O)c1cccc([N+](=O)[O-])c1C)[C@@H]1CCS(=O)(=O)C1. The number of hydrogen-bond acceptors (Lipinski definition) is 7. The van der Waals surface area contributed by atoms with Crippen molar-refractivity contribution in [2.24, 2.45) is 0 Å². The standard InChI is InChI=1S/C16H20N2O7S/c1-3-17(12-7-8-26(23,24)10-12)15(19)9-25-16(20)13-5-4-6-14(11(13)2)18(21)22/h4-6,12H,3,7-10H2,1-2H3/t12-/m1/s1. The minimum Gasteiger partial charge on any atom is -0.452 e. The molecule has 0 saturated carbocycles. The van der Waals surface area contributed by atoms with Crippen molar-refractivity contribution in [1.29, 1.82) is 0 Å². The van der Waals surface area contributed by atoms with Crippen LogP contribution in [0.25, 0.3) is 0 Å². The van der Waals surface area contributed by atoms with Gasteiger partial charge in [0.05, 0.1) is 22.0 Å². The second-order valence-corrected chi connectivity index (χ2v) is 8.25. The van der Waals surface area contributed by atoms with Crippen molar-refractivity contribution >= 4 is 27.4 Å². The van der Waals surface area contributed by atoms with Gasteiger partial charge in [-0.2, -0.15) is 0 Å². The lowest BCUT2D eigenvalue weighted by molar-refractivity contribution is -0.385. The van der Waals surface area contributed by atoms with E-state index in [1.165, 1.54) is 30.0 Å². The first-order chi connectivity index (χ1) is 12.2. The zero-order valence-corrected chi connectivity index (χ0v) is 15.3. The molecule has 0 N–H and O–H groups in total. The molecular formula is C16H20N2O7S. The van der Waals surface area contributed by atoms with Crippen LogP contribution in [0.1, 0.15) is 29.3 Å². The Labute approximate surface area is 151 Å².